The van der Waals surface area contributed by atoms with Gasteiger partial charge in [-0.25, -0.2) is 0 Å². The molecule has 3 saturated carbocycles. The van der Waals surface area contributed by atoms with Gasteiger partial charge in [-0.05, 0) is 33.1 Å². The van der Waals surface area contributed by atoms with Gasteiger partial charge in [0.05, 0.1) is 18.3 Å². The Kier molecular flexibility index (Phi) is 1.37. The van der Waals surface area contributed by atoms with E-state index in [2.05, 4.69) is 13.8 Å². The average Bonchev–Trinajstić information content (AvgIpc) is 1.75. The summed E-state index contributed by atoms with van der Waals surface area (Å²) in [5.41, 5.74) is 0.124. The van der Waals surface area contributed by atoms with E-state index in [1.165, 1.54) is 0 Å². The van der Waals surface area contributed by atoms with Crippen molar-refractivity contribution in [3.05, 3.63) is 0 Å². The van der Waals surface area contributed by atoms with Crippen LogP contribution < -0.4 is 0 Å². The van der Waals surface area contributed by atoms with Crippen LogP contribution >= 0.6 is 0 Å². The van der Waals surface area contributed by atoms with E-state index in [4.69, 9.17) is 4.74 Å². The molecule has 2 bridgehead atoms. The molecular weight excluding hydrogens is 140 g/mol. The van der Waals surface area contributed by atoms with Crippen molar-refractivity contribution >= 4 is 0 Å². The number of hydrogen-bond donors (Lipinski definition) is 1. The first-order valence-electron chi connectivity index (χ1n) is 4.38. The van der Waals surface area contributed by atoms with Gasteiger partial charge >= 0.3 is 0 Å². The standard InChI is InChI=1S/C9H16O2/c1-7(2)11-6-8-3-9(10,4-8)5-8/h7,10H,3-6H2,1-2H3. The van der Waals surface area contributed by atoms with Crippen molar-refractivity contribution in [3.8, 4) is 0 Å². The Bertz CT molecular complexity index is 155. The van der Waals surface area contributed by atoms with Gasteiger partial charge in [0, 0.05) is 5.41 Å². The molecule has 2 nitrogen and oxygen atoms in total. The summed E-state index contributed by atoms with van der Waals surface area (Å²) in [4.78, 5) is 0. The minimum Gasteiger partial charge on any atom is -0.390 e. The van der Waals surface area contributed by atoms with Crippen LogP contribution in [0, 0.1) is 5.41 Å². The molecule has 3 fully saturated rings. The maximum atomic E-state index is 9.45. The fourth-order valence-electron chi connectivity index (χ4n) is 2.44. The Labute approximate surface area is 67.6 Å². The fraction of sp³-hybridized carbons (Fsp3) is 1.00. The molecule has 0 aromatic rings. The number of hydrogen-bond acceptors (Lipinski definition) is 2. The lowest BCUT2D eigenvalue weighted by Gasteiger charge is -2.67. The monoisotopic (exact) mass is 156 g/mol. The summed E-state index contributed by atoms with van der Waals surface area (Å²) in [6, 6.07) is 0. The van der Waals surface area contributed by atoms with Crippen LogP contribution in [0.5, 0.6) is 0 Å². The van der Waals surface area contributed by atoms with Crippen molar-refractivity contribution in [3.63, 3.8) is 0 Å². The molecular formula is C9H16O2. The van der Waals surface area contributed by atoms with Gasteiger partial charge in [0.2, 0.25) is 0 Å². The van der Waals surface area contributed by atoms with Crippen molar-refractivity contribution in [1.82, 2.24) is 0 Å². The van der Waals surface area contributed by atoms with Crippen molar-refractivity contribution in [2.45, 2.75) is 44.8 Å². The largest absolute Gasteiger partial charge is 0.390 e. The summed E-state index contributed by atoms with van der Waals surface area (Å²) in [5.74, 6) is 0. The van der Waals surface area contributed by atoms with E-state index < -0.39 is 0 Å². The molecule has 3 rings (SSSR count). The Hall–Kier alpha value is -0.0800. The molecule has 0 aromatic carbocycles. The second-order valence-corrected chi connectivity index (χ2v) is 4.61. The SMILES string of the molecule is CC(C)OCC12CC(O)(C1)C2. The van der Waals surface area contributed by atoms with E-state index in [-0.39, 0.29) is 5.60 Å². The molecule has 0 aliphatic heterocycles. The molecule has 0 spiro atoms. The lowest BCUT2D eigenvalue weighted by molar-refractivity contribution is -0.280. The summed E-state index contributed by atoms with van der Waals surface area (Å²) >= 11 is 0. The molecule has 0 saturated heterocycles. The molecule has 0 heterocycles. The molecule has 0 radical (unpaired) electrons. The van der Waals surface area contributed by atoms with Crippen LogP contribution in [0.3, 0.4) is 0 Å². The Morgan fingerprint density at radius 1 is 1.36 bits per heavy atom. The van der Waals surface area contributed by atoms with Crippen LogP contribution in [-0.2, 0) is 4.74 Å². The lowest BCUT2D eigenvalue weighted by Crippen LogP contribution is -2.68. The molecule has 0 amide bonds. The zero-order chi connectivity index (χ0) is 8.11. The van der Waals surface area contributed by atoms with Crippen molar-refractivity contribution in [2.24, 2.45) is 5.41 Å². The Balaban J connectivity index is 1.74. The van der Waals surface area contributed by atoms with Crippen LogP contribution in [0.25, 0.3) is 0 Å². The highest BCUT2D eigenvalue weighted by molar-refractivity contribution is 5.18. The van der Waals surface area contributed by atoms with Gasteiger partial charge in [-0.15, -0.1) is 0 Å². The summed E-state index contributed by atoms with van der Waals surface area (Å²) in [6.45, 7) is 4.97. The summed E-state index contributed by atoms with van der Waals surface area (Å²) in [5, 5.41) is 9.45. The molecule has 0 atom stereocenters. The average molecular weight is 156 g/mol. The predicted molar refractivity (Wildman–Crippen MR) is 42.3 cm³/mol. The summed E-state index contributed by atoms with van der Waals surface area (Å²) < 4.78 is 5.52. The van der Waals surface area contributed by atoms with Crippen LogP contribution in [0.2, 0.25) is 0 Å². The first-order valence-corrected chi connectivity index (χ1v) is 4.38. The molecule has 0 aromatic heterocycles. The first-order chi connectivity index (χ1) is 5.04. The third-order valence-electron chi connectivity index (χ3n) is 2.84. The summed E-state index contributed by atoms with van der Waals surface area (Å²) in [7, 11) is 0. The van der Waals surface area contributed by atoms with Crippen LogP contribution in [0.1, 0.15) is 33.1 Å². The van der Waals surface area contributed by atoms with E-state index in [1.807, 2.05) is 0 Å². The maximum absolute atomic E-state index is 9.45. The Morgan fingerprint density at radius 2 is 1.91 bits per heavy atom. The van der Waals surface area contributed by atoms with E-state index in [1.54, 1.807) is 0 Å². The van der Waals surface area contributed by atoms with Crippen molar-refractivity contribution < 1.29 is 9.84 Å². The number of rotatable bonds is 3. The van der Waals surface area contributed by atoms with Gasteiger partial charge in [0.25, 0.3) is 0 Å². The molecule has 0 unspecified atom stereocenters. The van der Waals surface area contributed by atoms with Crippen LogP contribution in [0.4, 0.5) is 0 Å². The smallest absolute Gasteiger partial charge is 0.0666 e. The highest BCUT2D eigenvalue weighted by Crippen LogP contribution is 2.67. The topological polar surface area (TPSA) is 29.5 Å². The molecule has 64 valence electrons. The lowest BCUT2D eigenvalue weighted by atomic mass is 9.41. The van der Waals surface area contributed by atoms with E-state index >= 15 is 0 Å². The van der Waals surface area contributed by atoms with Crippen molar-refractivity contribution in [1.29, 1.82) is 0 Å². The molecule has 2 heteroatoms. The van der Waals surface area contributed by atoms with Crippen LogP contribution in [0.15, 0.2) is 0 Å². The predicted octanol–water partition coefficient (Wildman–Crippen LogP) is 1.33. The highest BCUT2D eigenvalue weighted by atomic mass is 16.5. The minimum atomic E-state index is -0.264. The summed E-state index contributed by atoms with van der Waals surface area (Å²) in [6.07, 6.45) is 3.27. The second kappa shape index (κ2) is 1.99. The van der Waals surface area contributed by atoms with Gasteiger partial charge in [-0.2, -0.15) is 0 Å². The van der Waals surface area contributed by atoms with Gasteiger partial charge in [-0.3, -0.25) is 0 Å². The molecule has 11 heavy (non-hydrogen) atoms. The van der Waals surface area contributed by atoms with Gasteiger partial charge in [-0.1, -0.05) is 0 Å². The maximum Gasteiger partial charge on any atom is 0.0666 e. The minimum absolute atomic E-state index is 0.264. The van der Waals surface area contributed by atoms with E-state index in [0.29, 0.717) is 11.5 Å². The second-order valence-electron chi connectivity index (χ2n) is 4.61. The van der Waals surface area contributed by atoms with Gasteiger partial charge in [0.15, 0.2) is 0 Å². The highest BCUT2D eigenvalue weighted by Gasteiger charge is 2.67. The molecule has 3 aliphatic carbocycles. The third kappa shape index (κ3) is 1.09. The van der Waals surface area contributed by atoms with E-state index in [0.717, 1.165) is 25.9 Å². The quantitative estimate of drug-likeness (QED) is 0.668. The number of aliphatic hydroxyl groups is 1. The fourth-order valence-corrected chi connectivity index (χ4v) is 2.44. The normalized spacial score (nSPS) is 46.9. The molecule has 1 N–H and O–H groups in total. The van der Waals surface area contributed by atoms with Crippen LogP contribution in [-0.4, -0.2) is 23.4 Å². The van der Waals surface area contributed by atoms with E-state index in [9.17, 15) is 5.11 Å². The zero-order valence-electron chi connectivity index (χ0n) is 7.26. The van der Waals surface area contributed by atoms with Crippen molar-refractivity contribution in [2.75, 3.05) is 6.61 Å². The Morgan fingerprint density at radius 3 is 2.27 bits per heavy atom. The zero-order valence-corrected chi connectivity index (χ0v) is 7.26. The molecule has 3 aliphatic rings. The van der Waals surface area contributed by atoms with Gasteiger partial charge < -0.3 is 9.84 Å². The first kappa shape index (κ1) is 7.56. The number of ether oxygens (including phenoxy) is 1. The van der Waals surface area contributed by atoms with Gasteiger partial charge in [0.1, 0.15) is 0 Å². The third-order valence-corrected chi connectivity index (χ3v) is 2.84.